The van der Waals surface area contributed by atoms with Gasteiger partial charge >= 0.3 is 5.97 Å². The van der Waals surface area contributed by atoms with Crippen molar-refractivity contribution < 1.29 is 23.9 Å². The Morgan fingerprint density at radius 3 is 2.84 bits per heavy atom. The Bertz CT molecular complexity index is 1280. The molecule has 9 nitrogen and oxygen atoms in total. The van der Waals surface area contributed by atoms with Gasteiger partial charge in [0.2, 0.25) is 0 Å². The van der Waals surface area contributed by atoms with E-state index in [1.54, 1.807) is 39.1 Å². The third-order valence-corrected chi connectivity index (χ3v) is 6.03. The number of rotatable bonds is 5. The van der Waals surface area contributed by atoms with Gasteiger partial charge in [0.05, 0.1) is 35.6 Å². The maximum atomic E-state index is 13.1. The number of carbonyl (C=O) groups is 3. The zero-order chi connectivity index (χ0) is 22.3. The van der Waals surface area contributed by atoms with Crippen LogP contribution in [0, 0.1) is 0 Å². The van der Waals surface area contributed by atoms with Crippen molar-refractivity contribution in [2.45, 2.75) is 19.9 Å². The van der Waals surface area contributed by atoms with Crippen LogP contribution in [0.2, 0.25) is 0 Å². The molecule has 0 bridgehead atoms. The summed E-state index contributed by atoms with van der Waals surface area (Å²) < 4.78 is 11.6. The van der Waals surface area contributed by atoms with E-state index in [2.05, 4.69) is 4.98 Å². The van der Waals surface area contributed by atoms with E-state index < -0.39 is 17.6 Å². The van der Waals surface area contributed by atoms with Crippen LogP contribution in [0.25, 0.3) is 10.2 Å². The van der Waals surface area contributed by atoms with Crippen molar-refractivity contribution in [1.29, 1.82) is 0 Å². The Labute approximate surface area is 180 Å². The molecule has 160 valence electrons. The summed E-state index contributed by atoms with van der Waals surface area (Å²) >= 11 is 1.16. The average Bonchev–Trinajstić information content (AvgIpc) is 3.21. The fourth-order valence-corrected chi connectivity index (χ4v) is 4.24. The first-order valence-corrected chi connectivity index (χ1v) is 10.4. The lowest BCUT2D eigenvalue weighted by molar-refractivity contribution is -0.121. The Kier molecular flexibility index (Phi) is 5.32. The van der Waals surface area contributed by atoms with Crippen LogP contribution in [0.1, 0.15) is 40.6 Å². The van der Waals surface area contributed by atoms with Crippen molar-refractivity contribution >= 4 is 44.9 Å². The molecule has 0 spiro atoms. The summed E-state index contributed by atoms with van der Waals surface area (Å²) in [6, 6.07) is 3.90. The number of anilines is 1. The number of ether oxygens (including phenoxy) is 2. The molecule has 31 heavy (non-hydrogen) atoms. The molecule has 2 aromatic heterocycles. The molecule has 1 unspecified atom stereocenters. The maximum Gasteiger partial charge on any atom is 0.339 e. The molecule has 4 rings (SSSR count). The van der Waals surface area contributed by atoms with Crippen LogP contribution >= 0.6 is 11.3 Å². The van der Waals surface area contributed by atoms with Gasteiger partial charge < -0.3 is 14.4 Å². The highest BCUT2D eigenvalue weighted by Crippen LogP contribution is 2.33. The van der Waals surface area contributed by atoms with Crippen LogP contribution in [0.5, 0.6) is 5.75 Å². The number of ketones is 1. The van der Waals surface area contributed by atoms with E-state index in [-0.39, 0.29) is 35.9 Å². The summed E-state index contributed by atoms with van der Waals surface area (Å²) in [7, 11) is 1.61. The van der Waals surface area contributed by atoms with Gasteiger partial charge in [0.1, 0.15) is 10.6 Å². The van der Waals surface area contributed by atoms with Gasteiger partial charge in [-0.2, -0.15) is 0 Å². The van der Waals surface area contributed by atoms with Crippen molar-refractivity contribution in [2.75, 3.05) is 25.2 Å². The molecule has 1 aliphatic rings. The Hall–Kier alpha value is -3.53. The molecule has 0 radical (unpaired) electrons. The first kappa shape index (κ1) is 20.7. The fourth-order valence-electron chi connectivity index (χ4n) is 3.37. The first-order chi connectivity index (χ1) is 14.8. The van der Waals surface area contributed by atoms with E-state index in [1.165, 1.54) is 21.2 Å². The van der Waals surface area contributed by atoms with E-state index in [0.717, 1.165) is 11.3 Å². The van der Waals surface area contributed by atoms with Crippen LogP contribution in [0.4, 0.5) is 5.69 Å². The number of hydrogen-bond donors (Lipinski definition) is 0. The molecular weight excluding hydrogens is 422 g/mol. The van der Waals surface area contributed by atoms with Crippen molar-refractivity contribution in [3.63, 3.8) is 0 Å². The number of fused-ring (bicyclic) bond motifs is 2. The Morgan fingerprint density at radius 1 is 1.32 bits per heavy atom. The number of aromatic nitrogens is 2. The van der Waals surface area contributed by atoms with Gasteiger partial charge in [0, 0.05) is 18.0 Å². The highest BCUT2D eigenvalue weighted by atomic mass is 32.1. The summed E-state index contributed by atoms with van der Waals surface area (Å²) in [5.74, 6) is -0.666. The minimum Gasteiger partial charge on any atom is -0.482 e. The molecule has 0 N–H and O–H groups in total. The van der Waals surface area contributed by atoms with Crippen LogP contribution in [-0.4, -0.2) is 47.5 Å². The highest BCUT2D eigenvalue weighted by molar-refractivity contribution is 7.17. The number of likely N-dealkylation sites (N-methyl/N-ethyl adjacent to an activating group) is 1. The summed E-state index contributed by atoms with van der Waals surface area (Å²) in [6.07, 6.45) is 1.30. The number of hydrogen-bond acceptors (Lipinski definition) is 8. The molecule has 0 aliphatic carbocycles. The lowest BCUT2D eigenvalue weighted by atomic mass is 10.0. The second-order valence-electron chi connectivity index (χ2n) is 6.97. The average molecular weight is 441 g/mol. The summed E-state index contributed by atoms with van der Waals surface area (Å²) in [4.78, 5) is 56.4. The minimum atomic E-state index is -0.886. The number of benzene rings is 1. The number of thiophene rings is 1. The fraction of sp³-hybridized carbons (Fsp3) is 0.286. The molecule has 0 saturated carbocycles. The van der Waals surface area contributed by atoms with E-state index in [0.29, 0.717) is 21.8 Å². The molecule has 3 heterocycles. The van der Waals surface area contributed by atoms with Gasteiger partial charge in [-0.05, 0) is 32.0 Å². The summed E-state index contributed by atoms with van der Waals surface area (Å²) in [5.41, 5.74) is 0.445. The van der Waals surface area contributed by atoms with Crippen LogP contribution in [-0.2, 0) is 9.53 Å². The number of amides is 1. The maximum absolute atomic E-state index is 13.1. The Morgan fingerprint density at radius 2 is 2.10 bits per heavy atom. The van der Waals surface area contributed by atoms with E-state index in [9.17, 15) is 19.2 Å². The minimum absolute atomic E-state index is 0.0578. The van der Waals surface area contributed by atoms with Gasteiger partial charge in [-0.3, -0.25) is 19.0 Å². The Balaban J connectivity index is 1.72. The van der Waals surface area contributed by atoms with Crippen LogP contribution < -0.4 is 15.2 Å². The van der Waals surface area contributed by atoms with Crippen LogP contribution in [0.3, 0.4) is 0 Å². The second kappa shape index (κ2) is 7.95. The SMILES string of the molecule is CCOC(=O)c1csc2ncn(C(C)C(=O)c3ccc4c(c3)N(C)C(=O)CO4)c(=O)c12. The quantitative estimate of drug-likeness (QED) is 0.442. The molecule has 0 saturated heterocycles. The molecule has 3 aromatic rings. The van der Waals surface area contributed by atoms with E-state index in [4.69, 9.17) is 9.47 Å². The number of nitrogens with zero attached hydrogens (tertiary/aromatic N) is 3. The van der Waals surface area contributed by atoms with Gasteiger partial charge in [-0.1, -0.05) is 0 Å². The van der Waals surface area contributed by atoms with Crippen molar-refractivity contribution in [3.05, 3.63) is 51.4 Å². The molecular formula is C21H19N3O6S. The molecule has 10 heteroatoms. The molecule has 0 fully saturated rings. The monoisotopic (exact) mass is 441 g/mol. The lowest BCUT2D eigenvalue weighted by Crippen LogP contribution is -2.35. The normalized spacial score (nSPS) is 14.2. The van der Waals surface area contributed by atoms with E-state index in [1.807, 2.05) is 0 Å². The largest absolute Gasteiger partial charge is 0.482 e. The van der Waals surface area contributed by atoms with Crippen LogP contribution in [0.15, 0.2) is 34.7 Å². The molecule has 1 aromatic carbocycles. The first-order valence-electron chi connectivity index (χ1n) is 9.56. The predicted molar refractivity (Wildman–Crippen MR) is 114 cm³/mol. The van der Waals surface area contributed by atoms with Crippen molar-refractivity contribution in [1.82, 2.24) is 9.55 Å². The number of esters is 1. The molecule has 1 amide bonds. The van der Waals surface area contributed by atoms with Gasteiger partial charge in [-0.25, -0.2) is 9.78 Å². The molecule has 1 atom stereocenters. The zero-order valence-corrected chi connectivity index (χ0v) is 17.9. The molecule has 1 aliphatic heterocycles. The highest BCUT2D eigenvalue weighted by Gasteiger charge is 2.26. The summed E-state index contributed by atoms with van der Waals surface area (Å²) in [6.45, 7) is 3.38. The number of carbonyl (C=O) groups excluding carboxylic acids is 3. The van der Waals surface area contributed by atoms with Crippen molar-refractivity contribution in [3.8, 4) is 5.75 Å². The smallest absolute Gasteiger partial charge is 0.339 e. The topological polar surface area (TPSA) is 108 Å². The standard InChI is InChI=1S/C21H19N3O6S/c1-4-29-21(28)13-9-31-19-17(13)20(27)24(10-22-19)11(2)18(26)12-5-6-15-14(7-12)23(3)16(25)8-30-15/h5-7,9-11H,4,8H2,1-3H3. The number of Topliss-reactive ketones (excluding diaryl/α,β-unsaturated/α-hetero) is 1. The zero-order valence-electron chi connectivity index (χ0n) is 17.1. The third-order valence-electron chi connectivity index (χ3n) is 5.14. The third kappa shape index (κ3) is 3.48. The van der Waals surface area contributed by atoms with Gasteiger partial charge in [-0.15, -0.1) is 11.3 Å². The van der Waals surface area contributed by atoms with E-state index >= 15 is 0 Å². The predicted octanol–water partition coefficient (Wildman–Crippen LogP) is 2.43. The lowest BCUT2D eigenvalue weighted by Gasteiger charge is -2.26. The second-order valence-corrected chi connectivity index (χ2v) is 7.83. The van der Waals surface area contributed by atoms with Gasteiger partial charge in [0.15, 0.2) is 12.4 Å². The van der Waals surface area contributed by atoms with Gasteiger partial charge in [0.25, 0.3) is 11.5 Å². The van der Waals surface area contributed by atoms with Crippen molar-refractivity contribution in [2.24, 2.45) is 0 Å². The summed E-state index contributed by atoms with van der Waals surface area (Å²) in [5, 5.41) is 1.67.